The van der Waals surface area contributed by atoms with E-state index in [0.717, 1.165) is 19.0 Å². The van der Waals surface area contributed by atoms with Crippen LogP contribution in [0.4, 0.5) is 0 Å². The van der Waals surface area contributed by atoms with Gasteiger partial charge in [-0.1, -0.05) is 6.92 Å². The number of hydrogen-bond acceptors (Lipinski definition) is 4. The number of hydrazine groups is 1. The molecule has 21 heavy (non-hydrogen) atoms. The average Bonchev–Trinajstić information content (AvgIpc) is 2.71. The van der Waals surface area contributed by atoms with Crippen molar-refractivity contribution < 1.29 is 9.59 Å². The molecular formula is C15H28N4O2. The molecule has 0 aromatic carbocycles. The molecule has 2 fully saturated rings. The molecule has 120 valence electrons. The van der Waals surface area contributed by atoms with Crippen LogP contribution in [-0.2, 0) is 9.59 Å². The van der Waals surface area contributed by atoms with E-state index in [1.807, 2.05) is 4.90 Å². The Labute approximate surface area is 127 Å². The third kappa shape index (κ3) is 4.68. The summed E-state index contributed by atoms with van der Waals surface area (Å²) in [5, 5.41) is 0. The predicted molar refractivity (Wildman–Crippen MR) is 81.1 cm³/mol. The van der Waals surface area contributed by atoms with Gasteiger partial charge in [0.1, 0.15) is 0 Å². The standard InChI is InChI=1S/C15H28N4O2/c1-12-3-2-7-18(8-4-12)11-14(20)19-9-5-13(6-10-19)15(21)17-16/h12-13H,2-11,16H2,1H3,(H,17,21). The summed E-state index contributed by atoms with van der Waals surface area (Å²) in [6.07, 6.45) is 5.07. The zero-order valence-corrected chi connectivity index (χ0v) is 13.0. The summed E-state index contributed by atoms with van der Waals surface area (Å²) in [5.41, 5.74) is 2.20. The van der Waals surface area contributed by atoms with Gasteiger partial charge in [0.05, 0.1) is 6.54 Å². The van der Waals surface area contributed by atoms with E-state index in [4.69, 9.17) is 5.84 Å². The summed E-state index contributed by atoms with van der Waals surface area (Å²) in [7, 11) is 0. The number of amides is 2. The molecule has 2 aliphatic heterocycles. The number of carbonyl (C=O) groups excluding carboxylic acids is 2. The van der Waals surface area contributed by atoms with E-state index >= 15 is 0 Å². The van der Waals surface area contributed by atoms with Crippen molar-refractivity contribution in [1.82, 2.24) is 15.2 Å². The molecule has 1 unspecified atom stereocenters. The van der Waals surface area contributed by atoms with Gasteiger partial charge >= 0.3 is 0 Å². The van der Waals surface area contributed by atoms with E-state index in [1.54, 1.807) is 0 Å². The van der Waals surface area contributed by atoms with Gasteiger partial charge < -0.3 is 4.90 Å². The van der Waals surface area contributed by atoms with Crippen molar-refractivity contribution in [2.24, 2.45) is 17.7 Å². The number of nitrogens with zero attached hydrogens (tertiary/aromatic N) is 2. The first-order valence-electron chi connectivity index (χ1n) is 8.10. The van der Waals surface area contributed by atoms with Crippen LogP contribution >= 0.6 is 0 Å². The van der Waals surface area contributed by atoms with Gasteiger partial charge in [0.2, 0.25) is 11.8 Å². The molecule has 2 aliphatic rings. The number of carbonyl (C=O) groups is 2. The number of rotatable bonds is 3. The highest BCUT2D eigenvalue weighted by molar-refractivity contribution is 5.80. The molecule has 2 rings (SSSR count). The van der Waals surface area contributed by atoms with Crippen LogP contribution in [0.25, 0.3) is 0 Å². The summed E-state index contributed by atoms with van der Waals surface area (Å²) in [6.45, 7) is 6.21. The molecule has 2 heterocycles. The molecule has 0 bridgehead atoms. The average molecular weight is 296 g/mol. The van der Waals surface area contributed by atoms with Crippen LogP contribution < -0.4 is 11.3 Å². The maximum Gasteiger partial charge on any atom is 0.237 e. The fourth-order valence-electron chi connectivity index (χ4n) is 3.28. The van der Waals surface area contributed by atoms with Gasteiger partial charge in [-0.05, 0) is 51.1 Å². The highest BCUT2D eigenvalue weighted by atomic mass is 16.2. The summed E-state index contributed by atoms with van der Waals surface area (Å²) in [4.78, 5) is 28.0. The van der Waals surface area contributed by atoms with Crippen molar-refractivity contribution in [2.45, 2.75) is 39.0 Å². The lowest BCUT2D eigenvalue weighted by Crippen LogP contribution is -2.47. The van der Waals surface area contributed by atoms with Crippen molar-refractivity contribution in [1.29, 1.82) is 0 Å². The molecule has 2 amide bonds. The van der Waals surface area contributed by atoms with Crippen LogP contribution in [0.15, 0.2) is 0 Å². The Morgan fingerprint density at radius 3 is 2.48 bits per heavy atom. The number of piperidine rings is 1. The first kappa shape index (κ1) is 16.2. The Balaban J connectivity index is 1.75. The molecule has 0 radical (unpaired) electrons. The molecule has 0 aliphatic carbocycles. The van der Waals surface area contributed by atoms with Gasteiger partial charge in [0.15, 0.2) is 0 Å². The van der Waals surface area contributed by atoms with E-state index in [9.17, 15) is 9.59 Å². The number of nitrogens with one attached hydrogen (secondary N) is 1. The Morgan fingerprint density at radius 1 is 1.10 bits per heavy atom. The van der Waals surface area contributed by atoms with Gasteiger partial charge in [-0.3, -0.25) is 19.9 Å². The number of nitrogens with two attached hydrogens (primary N) is 1. The topological polar surface area (TPSA) is 78.7 Å². The van der Waals surface area contributed by atoms with Gasteiger partial charge in [-0.15, -0.1) is 0 Å². The quantitative estimate of drug-likeness (QED) is 0.447. The molecular weight excluding hydrogens is 268 g/mol. The van der Waals surface area contributed by atoms with Crippen molar-refractivity contribution in [3.05, 3.63) is 0 Å². The molecule has 6 nitrogen and oxygen atoms in total. The molecule has 0 spiro atoms. The second-order valence-corrected chi connectivity index (χ2v) is 6.48. The smallest absolute Gasteiger partial charge is 0.237 e. The van der Waals surface area contributed by atoms with Crippen molar-refractivity contribution in [3.63, 3.8) is 0 Å². The molecule has 2 saturated heterocycles. The maximum absolute atomic E-state index is 12.4. The fraction of sp³-hybridized carbons (Fsp3) is 0.867. The van der Waals surface area contributed by atoms with Crippen molar-refractivity contribution in [3.8, 4) is 0 Å². The van der Waals surface area contributed by atoms with Crippen LogP contribution in [0.2, 0.25) is 0 Å². The lowest BCUT2D eigenvalue weighted by molar-refractivity contribution is -0.136. The third-order valence-electron chi connectivity index (χ3n) is 4.83. The van der Waals surface area contributed by atoms with E-state index in [0.29, 0.717) is 32.5 Å². The minimum atomic E-state index is -0.108. The van der Waals surface area contributed by atoms with Crippen molar-refractivity contribution in [2.75, 3.05) is 32.7 Å². The largest absolute Gasteiger partial charge is 0.342 e. The van der Waals surface area contributed by atoms with Gasteiger partial charge in [-0.25, -0.2) is 5.84 Å². The lowest BCUT2D eigenvalue weighted by Gasteiger charge is -2.32. The molecule has 0 aromatic rings. The van der Waals surface area contributed by atoms with Crippen LogP contribution in [-0.4, -0.2) is 54.3 Å². The molecule has 6 heteroatoms. The van der Waals surface area contributed by atoms with Crippen LogP contribution in [0.5, 0.6) is 0 Å². The van der Waals surface area contributed by atoms with Gasteiger partial charge in [-0.2, -0.15) is 0 Å². The minimum Gasteiger partial charge on any atom is -0.342 e. The Bertz CT molecular complexity index is 367. The Kier molecular flexibility index (Phi) is 5.99. The van der Waals surface area contributed by atoms with Gasteiger partial charge in [0, 0.05) is 19.0 Å². The zero-order chi connectivity index (χ0) is 15.2. The molecule has 3 N–H and O–H groups in total. The zero-order valence-electron chi connectivity index (χ0n) is 13.0. The van der Waals surface area contributed by atoms with E-state index in [-0.39, 0.29) is 17.7 Å². The highest BCUT2D eigenvalue weighted by Crippen LogP contribution is 2.19. The van der Waals surface area contributed by atoms with E-state index < -0.39 is 0 Å². The minimum absolute atomic E-state index is 0.0434. The van der Waals surface area contributed by atoms with E-state index in [2.05, 4.69) is 17.2 Å². The Hall–Kier alpha value is -1.14. The summed E-state index contributed by atoms with van der Waals surface area (Å²) >= 11 is 0. The summed E-state index contributed by atoms with van der Waals surface area (Å²) < 4.78 is 0. The normalized spacial score (nSPS) is 25.4. The highest BCUT2D eigenvalue weighted by Gasteiger charge is 2.27. The first-order valence-corrected chi connectivity index (χ1v) is 8.10. The van der Waals surface area contributed by atoms with Crippen LogP contribution in [0.3, 0.4) is 0 Å². The predicted octanol–water partition coefficient (Wildman–Crippen LogP) is 0.337. The van der Waals surface area contributed by atoms with Crippen molar-refractivity contribution >= 4 is 11.8 Å². The van der Waals surface area contributed by atoms with Crippen LogP contribution in [0, 0.1) is 11.8 Å². The second-order valence-electron chi connectivity index (χ2n) is 6.48. The van der Waals surface area contributed by atoms with E-state index in [1.165, 1.54) is 19.3 Å². The summed E-state index contributed by atoms with van der Waals surface area (Å²) in [6, 6.07) is 0. The first-order chi connectivity index (χ1) is 10.1. The third-order valence-corrected chi connectivity index (χ3v) is 4.83. The molecule has 0 saturated carbocycles. The molecule has 1 atom stereocenters. The van der Waals surface area contributed by atoms with Crippen LogP contribution in [0.1, 0.15) is 39.0 Å². The molecule has 0 aromatic heterocycles. The van der Waals surface area contributed by atoms with Gasteiger partial charge in [0.25, 0.3) is 0 Å². The Morgan fingerprint density at radius 2 is 1.81 bits per heavy atom. The fourth-order valence-corrected chi connectivity index (χ4v) is 3.28. The number of hydrogen-bond donors (Lipinski definition) is 2. The number of likely N-dealkylation sites (tertiary alicyclic amines) is 2. The summed E-state index contributed by atoms with van der Waals surface area (Å²) in [5.74, 6) is 5.99. The maximum atomic E-state index is 12.4. The monoisotopic (exact) mass is 296 g/mol. The second kappa shape index (κ2) is 7.75. The lowest BCUT2D eigenvalue weighted by atomic mass is 9.96. The SMILES string of the molecule is CC1CCCN(CC(=O)N2CCC(C(=O)NN)CC2)CC1.